The monoisotopic (exact) mass is 275 g/mol. The fraction of sp³-hybridized carbons (Fsp3) is 0.588. The van der Waals surface area contributed by atoms with Crippen molar-refractivity contribution in [3.8, 4) is 0 Å². The summed E-state index contributed by atoms with van der Waals surface area (Å²) in [5.41, 5.74) is 1.70. The van der Waals surface area contributed by atoms with E-state index in [0.29, 0.717) is 11.6 Å². The van der Waals surface area contributed by atoms with Crippen LogP contribution in [0.1, 0.15) is 55.8 Å². The second-order valence-corrected chi connectivity index (χ2v) is 5.72. The Bertz CT molecular complexity index is 419. The molecule has 0 atom stereocenters. The van der Waals surface area contributed by atoms with E-state index in [1.807, 2.05) is 24.3 Å². The molecule has 3 nitrogen and oxygen atoms in total. The summed E-state index contributed by atoms with van der Waals surface area (Å²) >= 11 is 0. The van der Waals surface area contributed by atoms with E-state index in [0.717, 1.165) is 11.6 Å². The van der Waals surface area contributed by atoms with Crippen LogP contribution >= 0.6 is 0 Å². The van der Waals surface area contributed by atoms with Crippen LogP contribution in [0.2, 0.25) is 0 Å². The molecular formula is C17H25NO2. The van der Waals surface area contributed by atoms with Crippen molar-refractivity contribution in [1.29, 1.82) is 0 Å². The Morgan fingerprint density at radius 1 is 1.20 bits per heavy atom. The van der Waals surface area contributed by atoms with Gasteiger partial charge >= 0.3 is 5.97 Å². The lowest BCUT2D eigenvalue weighted by atomic mass is 9.83. The highest BCUT2D eigenvalue weighted by atomic mass is 16.5. The van der Waals surface area contributed by atoms with Gasteiger partial charge in [-0.15, -0.1) is 0 Å². The first-order valence-electron chi connectivity index (χ1n) is 7.67. The van der Waals surface area contributed by atoms with Crippen molar-refractivity contribution < 1.29 is 9.53 Å². The topological polar surface area (TPSA) is 38.3 Å². The van der Waals surface area contributed by atoms with Crippen LogP contribution < -0.4 is 5.32 Å². The number of carbonyl (C=O) groups is 1. The van der Waals surface area contributed by atoms with Crippen LogP contribution in [0.25, 0.3) is 0 Å². The maximum Gasteiger partial charge on any atom is 0.337 e. The molecule has 1 aliphatic carbocycles. The summed E-state index contributed by atoms with van der Waals surface area (Å²) < 4.78 is 4.70. The van der Waals surface area contributed by atoms with Gasteiger partial charge in [-0.05, 0) is 55.9 Å². The molecule has 1 aliphatic rings. The number of benzene rings is 1. The van der Waals surface area contributed by atoms with Crippen LogP contribution in [0.5, 0.6) is 0 Å². The molecule has 0 bridgehead atoms. The number of anilines is 1. The zero-order valence-corrected chi connectivity index (χ0v) is 12.5. The van der Waals surface area contributed by atoms with Gasteiger partial charge in [0.25, 0.3) is 0 Å². The minimum Gasteiger partial charge on any atom is -0.465 e. The van der Waals surface area contributed by atoms with Gasteiger partial charge in [0.05, 0.1) is 12.7 Å². The Kier molecular flexibility index (Phi) is 5.45. The molecule has 0 spiro atoms. The summed E-state index contributed by atoms with van der Waals surface area (Å²) in [6.45, 7) is 2.27. The fourth-order valence-electron chi connectivity index (χ4n) is 3.06. The Labute approximate surface area is 121 Å². The maximum atomic E-state index is 11.4. The maximum absolute atomic E-state index is 11.4. The van der Waals surface area contributed by atoms with Gasteiger partial charge in [0.1, 0.15) is 0 Å². The number of carbonyl (C=O) groups excluding carboxylic acids is 1. The van der Waals surface area contributed by atoms with E-state index in [2.05, 4.69) is 12.2 Å². The molecule has 1 aromatic rings. The van der Waals surface area contributed by atoms with E-state index in [9.17, 15) is 4.79 Å². The third kappa shape index (κ3) is 3.99. The molecular weight excluding hydrogens is 250 g/mol. The van der Waals surface area contributed by atoms with E-state index in [1.54, 1.807) is 0 Å². The lowest BCUT2D eigenvalue weighted by Crippen LogP contribution is -2.26. The highest BCUT2D eigenvalue weighted by molar-refractivity contribution is 5.89. The molecule has 20 heavy (non-hydrogen) atoms. The number of nitrogens with one attached hydrogen (secondary N) is 1. The first-order chi connectivity index (χ1) is 9.72. The van der Waals surface area contributed by atoms with Crippen molar-refractivity contribution in [3.63, 3.8) is 0 Å². The Hall–Kier alpha value is -1.51. The first kappa shape index (κ1) is 14.9. The SMILES string of the molecule is CCCC1CCC(Nc2ccc(C(=O)OC)cc2)CC1. The van der Waals surface area contributed by atoms with Gasteiger partial charge in [0.2, 0.25) is 0 Å². The fourth-order valence-corrected chi connectivity index (χ4v) is 3.06. The normalized spacial score (nSPS) is 22.3. The Balaban J connectivity index is 1.84. The summed E-state index contributed by atoms with van der Waals surface area (Å²) in [6.07, 6.45) is 7.86. The summed E-state index contributed by atoms with van der Waals surface area (Å²) in [5, 5.41) is 3.58. The number of ether oxygens (including phenoxy) is 1. The van der Waals surface area contributed by atoms with Gasteiger partial charge in [-0.2, -0.15) is 0 Å². The van der Waals surface area contributed by atoms with Crippen LogP contribution in [0.3, 0.4) is 0 Å². The zero-order valence-electron chi connectivity index (χ0n) is 12.5. The van der Waals surface area contributed by atoms with Gasteiger partial charge < -0.3 is 10.1 Å². The lowest BCUT2D eigenvalue weighted by Gasteiger charge is -2.29. The van der Waals surface area contributed by atoms with Crippen molar-refractivity contribution >= 4 is 11.7 Å². The van der Waals surface area contributed by atoms with Crippen LogP contribution in [-0.4, -0.2) is 19.1 Å². The largest absolute Gasteiger partial charge is 0.465 e. The Morgan fingerprint density at radius 2 is 1.85 bits per heavy atom. The van der Waals surface area contributed by atoms with Crippen molar-refractivity contribution in [2.24, 2.45) is 5.92 Å². The van der Waals surface area contributed by atoms with E-state index < -0.39 is 0 Å². The van der Waals surface area contributed by atoms with E-state index in [1.165, 1.54) is 45.6 Å². The molecule has 1 aromatic carbocycles. The van der Waals surface area contributed by atoms with E-state index >= 15 is 0 Å². The molecule has 0 aliphatic heterocycles. The molecule has 0 amide bonds. The number of esters is 1. The highest BCUT2D eigenvalue weighted by Gasteiger charge is 2.20. The molecule has 0 heterocycles. The third-order valence-electron chi connectivity index (χ3n) is 4.22. The third-order valence-corrected chi connectivity index (χ3v) is 4.22. The average molecular weight is 275 g/mol. The number of methoxy groups -OCH3 is 1. The van der Waals surface area contributed by atoms with Gasteiger partial charge in [-0.25, -0.2) is 4.79 Å². The molecule has 1 fully saturated rings. The minimum atomic E-state index is -0.281. The molecule has 1 N–H and O–H groups in total. The highest BCUT2D eigenvalue weighted by Crippen LogP contribution is 2.29. The van der Waals surface area contributed by atoms with Crippen LogP contribution in [0.15, 0.2) is 24.3 Å². The van der Waals surface area contributed by atoms with Crippen LogP contribution in [0.4, 0.5) is 5.69 Å². The smallest absolute Gasteiger partial charge is 0.337 e. The quantitative estimate of drug-likeness (QED) is 0.817. The second-order valence-electron chi connectivity index (χ2n) is 5.72. The molecule has 0 aromatic heterocycles. The molecule has 3 heteroatoms. The van der Waals surface area contributed by atoms with Gasteiger partial charge in [-0.1, -0.05) is 19.8 Å². The van der Waals surface area contributed by atoms with Gasteiger partial charge in [-0.3, -0.25) is 0 Å². The first-order valence-corrected chi connectivity index (χ1v) is 7.67. The summed E-state index contributed by atoms with van der Waals surface area (Å²) in [4.78, 5) is 11.4. The molecule has 0 saturated heterocycles. The minimum absolute atomic E-state index is 0.281. The molecule has 110 valence electrons. The van der Waals surface area contributed by atoms with Crippen molar-refractivity contribution in [1.82, 2.24) is 0 Å². The standard InChI is InChI=1S/C17H25NO2/c1-3-4-13-5-9-15(10-6-13)18-16-11-7-14(8-12-16)17(19)20-2/h7-8,11-13,15,18H,3-6,9-10H2,1-2H3. The van der Waals surface area contributed by atoms with Crippen LogP contribution in [0, 0.1) is 5.92 Å². The van der Waals surface area contributed by atoms with Crippen molar-refractivity contribution in [3.05, 3.63) is 29.8 Å². The summed E-state index contributed by atoms with van der Waals surface area (Å²) in [7, 11) is 1.41. The predicted molar refractivity (Wildman–Crippen MR) is 82.1 cm³/mol. The van der Waals surface area contributed by atoms with Gasteiger partial charge in [0, 0.05) is 11.7 Å². The number of hydrogen-bond donors (Lipinski definition) is 1. The molecule has 1 saturated carbocycles. The summed E-state index contributed by atoms with van der Waals surface area (Å²) in [5.74, 6) is 0.649. The lowest BCUT2D eigenvalue weighted by molar-refractivity contribution is 0.0601. The van der Waals surface area contributed by atoms with E-state index in [-0.39, 0.29) is 5.97 Å². The van der Waals surface area contributed by atoms with E-state index in [4.69, 9.17) is 4.74 Å². The van der Waals surface area contributed by atoms with Crippen molar-refractivity contribution in [2.45, 2.75) is 51.5 Å². The number of hydrogen-bond acceptors (Lipinski definition) is 3. The average Bonchev–Trinajstić information content (AvgIpc) is 2.49. The second kappa shape index (κ2) is 7.32. The van der Waals surface area contributed by atoms with Gasteiger partial charge in [0.15, 0.2) is 0 Å². The zero-order chi connectivity index (χ0) is 14.4. The molecule has 0 unspecified atom stereocenters. The Morgan fingerprint density at radius 3 is 2.40 bits per heavy atom. The molecule has 0 radical (unpaired) electrons. The summed E-state index contributed by atoms with van der Waals surface area (Å²) in [6, 6.07) is 8.13. The number of rotatable bonds is 5. The predicted octanol–water partition coefficient (Wildman–Crippen LogP) is 4.24. The van der Waals surface area contributed by atoms with Crippen molar-refractivity contribution in [2.75, 3.05) is 12.4 Å². The van der Waals surface area contributed by atoms with Crippen LogP contribution in [-0.2, 0) is 4.74 Å². The molecule has 2 rings (SSSR count).